The van der Waals surface area contributed by atoms with Crippen molar-refractivity contribution in [1.82, 2.24) is 4.57 Å². The van der Waals surface area contributed by atoms with Crippen molar-refractivity contribution in [3.05, 3.63) is 87.3 Å². The van der Waals surface area contributed by atoms with Crippen molar-refractivity contribution in [1.29, 1.82) is 0 Å². The normalized spacial score (nSPS) is 10.5. The lowest BCUT2D eigenvalue weighted by atomic mass is 10.00. The van der Waals surface area contributed by atoms with Crippen LogP contribution in [0.5, 0.6) is 11.5 Å². The Labute approximate surface area is 161 Å². The quantitative estimate of drug-likeness (QED) is 0.690. The number of methoxy groups -OCH3 is 1. The lowest BCUT2D eigenvalue weighted by molar-refractivity contribution is 0.101. The van der Waals surface area contributed by atoms with Crippen LogP contribution < -0.4 is 10.3 Å². The lowest BCUT2D eigenvalue weighted by Gasteiger charge is -2.14. The van der Waals surface area contributed by atoms with Gasteiger partial charge in [-0.15, -0.1) is 0 Å². The van der Waals surface area contributed by atoms with Crippen molar-refractivity contribution in [2.75, 3.05) is 7.11 Å². The summed E-state index contributed by atoms with van der Waals surface area (Å²) in [7, 11) is 1.47. The Bertz CT molecular complexity index is 1140. The molecule has 1 aromatic heterocycles. The highest BCUT2D eigenvalue weighted by molar-refractivity contribution is 6.11. The van der Waals surface area contributed by atoms with E-state index in [-0.39, 0.29) is 22.4 Å². The monoisotopic (exact) mass is 377 g/mol. The van der Waals surface area contributed by atoms with Crippen molar-refractivity contribution >= 4 is 11.6 Å². The Balaban J connectivity index is 2.28. The van der Waals surface area contributed by atoms with Crippen LogP contribution >= 0.6 is 0 Å². The van der Waals surface area contributed by atoms with Gasteiger partial charge in [0.15, 0.2) is 11.6 Å². The number of rotatable bonds is 5. The van der Waals surface area contributed by atoms with E-state index in [4.69, 9.17) is 4.74 Å². The number of aryl methyl sites for hydroxylation is 1. The number of benzene rings is 2. The van der Waals surface area contributed by atoms with Crippen LogP contribution in [-0.4, -0.2) is 28.3 Å². The second-order valence-corrected chi connectivity index (χ2v) is 6.40. The molecule has 6 nitrogen and oxygen atoms in total. The van der Waals surface area contributed by atoms with Crippen LogP contribution in [0.25, 0.3) is 5.69 Å². The highest BCUT2D eigenvalue weighted by atomic mass is 16.5. The third-order valence-corrected chi connectivity index (χ3v) is 4.40. The van der Waals surface area contributed by atoms with Gasteiger partial charge in [0.2, 0.25) is 0 Å². The fourth-order valence-electron chi connectivity index (χ4n) is 2.95. The zero-order chi connectivity index (χ0) is 20.4. The second-order valence-electron chi connectivity index (χ2n) is 6.40. The van der Waals surface area contributed by atoms with E-state index >= 15 is 0 Å². The summed E-state index contributed by atoms with van der Waals surface area (Å²) in [6.07, 6.45) is 1.36. The smallest absolute Gasteiger partial charge is 0.266 e. The fraction of sp³-hybridized carbons (Fsp3) is 0.136. The van der Waals surface area contributed by atoms with Gasteiger partial charge < -0.3 is 9.84 Å². The van der Waals surface area contributed by atoms with Crippen molar-refractivity contribution in [2.24, 2.45) is 0 Å². The summed E-state index contributed by atoms with van der Waals surface area (Å²) >= 11 is 0. The highest BCUT2D eigenvalue weighted by Gasteiger charge is 2.20. The summed E-state index contributed by atoms with van der Waals surface area (Å²) in [6.45, 7) is 3.06. The van der Waals surface area contributed by atoms with E-state index in [0.717, 1.165) is 5.56 Å². The van der Waals surface area contributed by atoms with E-state index in [0.29, 0.717) is 11.4 Å². The fourth-order valence-corrected chi connectivity index (χ4v) is 2.95. The van der Waals surface area contributed by atoms with Crippen LogP contribution in [0.4, 0.5) is 0 Å². The zero-order valence-corrected chi connectivity index (χ0v) is 15.7. The first-order chi connectivity index (χ1) is 13.3. The molecule has 0 aliphatic rings. The third-order valence-electron chi connectivity index (χ3n) is 4.40. The van der Waals surface area contributed by atoms with E-state index in [1.807, 2.05) is 0 Å². The van der Waals surface area contributed by atoms with Crippen LogP contribution in [0, 0.1) is 6.92 Å². The van der Waals surface area contributed by atoms with E-state index in [9.17, 15) is 19.5 Å². The molecule has 0 aliphatic carbocycles. The first-order valence-corrected chi connectivity index (χ1v) is 8.59. The number of aromatic nitrogens is 1. The minimum atomic E-state index is -0.554. The van der Waals surface area contributed by atoms with Gasteiger partial charge in [-0.1, -0.05) is 23.8 Å². The van der Waals surface area contributed by atoms with Crippen LogP contribution in [0.15, 0.2) is 59.5 Å². The van der Waals surface area contributed by atoms with Gasteiger partial charge in [0.05, 0.1) is 23.9 Å². The topological polar surface area (TPSA) is 85.6 Å². The van der Waals surface area contributed by atoms with E-state index in [2.05, 4.69) is 0 Å². The maximum absolute atomic E-state index is 13.0. The summed E-state index contributed by atoms with van der Waals surface area (Å²) in [5.74, 6) is -0.707. The van der Waals surface area contributed by atoms with Gasteiger partial charge >= 0.3 is 0 Å². The molecule has 0 fully saturated rings. The largest absolute Gasteiger partial charge is 0.507 e. The van der Waals surface area contributed by atoms with Gasteiger partial charge in [0.25, 0.3) is 5.56 Å². The van der Waals surface area contributed by atoms with Crippen molar-refractivity contribution in [3.63, 3.8) is 0 Å². The zero-order valence-electron chi connectivity index (χ0n) is 15.7. The molecule has 6 heteroatoms. The number of pyridine rings is 1. The number of carbonyl (C=O) groups excluding carboxylic acids is 2. The minimum Gasteiger partial charge on any atom is -0.507 e. The molecule has 0 amide bonds. The summed E-state index contributed by atoms with van der Waals surface area (Å²) in [6, 6.07) is 12.7. The summed E-state index contributed by atoms with van der Waals surface area (Å²) in [5, 5.41) is 10.1. The maximum atomic E-state index is 13.0. The number of nitrogens with zero attached hydrogens (tertiary/aromatic N) is 1. The Hall–Kier alpha value is -3.67. The van der Waals surface area contributed by atoms with Gasteiger partial charge in [0, 0.05) is 11.8 Å². The molecule has 0 radical (unpaired) electrons. The highest BCUT2D eigenvalue weighted by Crippen LogP contribution is 2.24. The lowest BCUT2D eigenvalue weighted by Crippen LogP contribution is -2.26. The van der Waals surface area contributed by atoms with Crippen LogP contribution in [0.2, 0.25) is 0 Å². The number of ether oxygens (including phenoxy) is 1. The number of phenolic OH excluding ortho intramolecular Hbond substituents is 1. The first-order valence-electron chi connectivity index (χ1n) is 8.59. The minimum absolute atomic E-state index is 0.0970. The predicted octanol–water partition coefficient (Wildman–Crippen LogP) is 3.29. The molecule has 1 N–H and O–H groups in total. The van der Waals surface area contributed by atoms with Gasteiger partial charge in [-0.05, 0) is 44.2 Å². The number of aromatic hydroxyl groups is 1. The average molecular weight is 377 g/mol. The number of para-hydroxylation sites is 2. The van der Waals surface area contributed by atoms with Crippen LogP contribution in [0.3, 0.4) is 0 Å². The molecule has 3 aromatic rings. The van der Waals surface area contributed by atoms with Gasteiger partial charge in [-0.25, -0.2) is 0 Å². The molecule has 0 saturated heterocycles. The van der Waals surface area contributed by atoms with E-state index in [1.54, 1.807) is 43.3 Å². The molecule has 142 valence electrons. The molecule has 0 spiro atoms. The average Bonchev–Trinajstić information content (AvgIpc) is 2.69. The molecule has 0 bridgehead atoms. The van der Waals surface area contributed by atoms with Crippen molar-refractivity contribution in [2.45, 2.75) is 13.8 Å². The van der Waals surface area contributed by atoms with Gasteiger partial charge in [-0.3, -0.25) is 19.0 Å². The summed E-state index contributed by atoms with van der Waals surface area (Å²) in [4.78, 5) is 37.9. The molecule has 0 saturated carbocycles. The van der Waals surface area contributed by atoms with Crippen LogP contribution in [0.1, 0.15) is 38.8 Å². The number of hydrogen-bond acceptors (Lipinski definition) is 5. The summed E-state index contributed by atoms with van der Waals surface area (Å²) in [5.41, 5.74) is 0.730. The van der Waals surface area contributed by atoms with Crippen molar-refractivity contribution < 1.29 is 19.4 Å². The first kappa shape index (κ1) is 19.1. The third kappa shape index (κ3) is 3.44. The molecule has 2 aromatic carbocycles. The Morgan fingerprint density at radius 2 is 1.75 bits per heavy atom. The molecule has 28 heavy (non-hydrogen) atoms. The maximum Gasteiger partial charge on any atom is 0.266 e. The standard InChI is InChI=1S/C22H19NO5/c1-13-8-9-19(25)17(10-13)21(26)15-11-16(14(2)24)22(27)23(12-15)18-6-4-5-7-20(18)28-3/h4-12,25H,1-3H3. The summed E-state index contributed by atoms with van der Waals surface area (Å²) < 4.78 is 6.52. The molecular weight excluding hydrogens is 358 g/mol. The number of phenols is 1. The van der Waals surface area contributed by atoms with E-state index in [1.165, 1.54) is 36.9 Å². The Kier molecular flexibility index (Phi) is 5.13. The van der Waals surface area contributed by atoms with Crippen molar-refractivity contribution in [3.8, 4) is 17.2 Å². The number of ketones is 2. The molecule has 0 atom stereocenters. The van der Waals surface area contributed by atoms with Crippen LogP contribution in [-0.2, 0) is 0 Å². The number of hydrogen-bond donors (Lipinski definition) is 1. The molecular formula is C22H19NO5. The Morgan fingerprint density at radius 3 is 2.43 bits per heavy atom. The molecule has 0 unspecified atom stereocenters. The van der Waals surface area contributed by atoms with E-state index < -0.39 is 17.1 Å². The molecule has 3 rings (SSSR count). The molecule has 1 heterocycles. The van der Waals surface area contributed by atoms with Gasteiger partial charge in [0.1, 0.15) is 11.5 Å². The second kappa shape index (κ2) is 7.52. The predicted molar refractivity (Wildman–Crippen MR) is 105 cm³/mol. The number of Topliss-reactive ketones (excluding diaryl/α,β-unsaturated/α-hetero) is 1. The SMILES string of the molecule is COc1ccccc1-n1cc(C(=O)c2cc(C)ccc2O)cc(C(C)=O)c1=O. The molecule has 0 aliphatic heterocycles. The number of carbonyl (C=O) groups is 2. The Morgan fingerprint density at radius 1 is 1.04 bits per heavy atom. The van der Waals surface area contributed by atoms with Gasteiger partial charge in [-0.2, -0.15) is 0 Å².